The average Bonchev–Trinajstić information content (AvgIpc) is 3.42. The van der Waals surface area contributed by atoms with Gasteiger partial charge in [0, 0.05) is 12.6 Å². The molecule has 0 fully saturated rings. The van der Waals surface area contributed by atoms with Crippen LogP contribution in [-0.4, -0.2) is 34.2 Å². The molecule has 0 spiro atoms. The van der Waals surface area contributed by atoms with Gasteiger partial charge in [0.05, 0.1) is 13.4 Å². The van der Waals surface area contributed by atoms with Crippen LogP contribution in [0, 0.1) is 0 Å². The first-order chi connectivity index (χ1) is 14.9. The monoisotopic (exact) mass is 430 g/mol. The summed E-state index contributed by atoms with van der Waals surface area (Å²) in [5.41, 5.74) is -0.458. The second kappa shape index (κ2) is 8.13. The van der Waals surface area contributed by atoms with Crippen molar-refractivity contribution in [2.45, 2.75) is 12.6 Å². The van der Waals surface area contributed by atoms with E-state index in [1.807, 2.05) is 18.2 Å². The first-order valence-corrected chi connectivity index (χ1v) is 9.29. The van der Waals surface area contributed by atoms with Crippen molar-refractivity contribution in [2.24, 2.45) is 0 Å². The number of hydrogen-bond donors (Lipinski definition) is 1. The molecule has 0 saturated heterocycles. The van der Waals surface area contributed by atoms with Crippen molar-refractivity contribution in [3.63, 3.8) is 0 Å². The van der Waals surface area contributed by atoms with Crippen molar-refractivity contribution in [3.8, 4) is 17.2 Å². The van der Waals surface area contributed by atoms with Crippen molar-refractivity contribution in [2.75, 3.05) is 13.7 Å². The standard InChI is InChI=1S/C21H17F3N4O3/c1-30-16-6-3-2-5-13(16)8-9-25-20(29)15-12-19-26-14(17-7-4-10-31-17)11-18(21(22,23)24)28(19)27-15/h2-7,10-12H,8-9H2,1H3,(H,25,29). The second-order valence-corrected chi connectivity index (χ2v) is 6.62. The number of nitrogens with zero attached hydrogens (tertiary/aromatic N) is 3. The van der Waals surface area contributed by atoms with Gasteiger partial charge in [-0.2, -0.15) is 18.3 Å². The minimum atomic E-state index is -4.70. The van der Waals surface area contributed by atoms with E-state index >= 15 is 0 Å². The Labute approximate surface area is 174 Å². The van der Waals surface area contributed by atoms with Crippen LogP contribution in [0.15, 0.2) is 59.2 Å². The van der Waals surface area contributed by atoms with Crippen LogP contribution in [0.1, 0.15) is 21.7 Å². The number of halogens is 3. The molecule has 0 aliphatic heterocycles. The molecule has 0 unspecified atom stereocenters. The maximum atomic E-state index is 13.6. The van der Waals surface area contributed by atoms with Gasteiger partial charge in [-0.15, -0.1) is 0 Å². The highest BCUT2D eigenvalue weighted by molar-refractivity contribution is 5.93. The van der Waals surface area contributed by atoms with E-state index < -0.39 is 17.8 Å². The number of alkyl halides is 3. The van der Waals surface area contributed by atoms with Gasteiger partial charge in [0.1, 0.15) is 11.4 Å². The first-order valence-electron chi connectivity index (χ1n) is 9.29. The van der Waals surface area contributed by atoms with E-state index in [1.165, 1.54) is 18.4 Å². The van der Waals surface area contributed by atoms with Crippen molar-refractivity contribution in [1.29, 1.82) is 0 Å². The van der Waals surface area contributed by atoms with Crippen molar-refractivity contribution in [3.05, 3.63) is 71.7 Å². The molecule has 0 aliphatic carbocycles. The molecule has 3 aromatic heterocycles. The topological polar surface area (TPSA) is 81.7 Å². The lowest BCUT2D eigenvalue weighted by Gasteiger charge is -2.10. The minimum absolute atomic E-state index is 0.00662. The first kappa shape index (κ1) is 20.5. The molecule has 3 heterocycles. The zero-order chi connectivity index (χ0) is 22.0. The summed E-state index contributed by atoms with van der Waals surface area (Å²) in [5, 5.41) is 6.49. The Balaban J connectivity index is 1.58. The summed E-state index contributed by atoms with van der Waals surface area (Å²) in [6.07, 6.45) is -2.88. The number of aromatic nitrogens is 3. The normalized spacial score (nSPS) is 11.6. The number of para-hydroxylation sites is 1. The van der Waals surface area contributed by atoms with Gasteiger partial charge in [0.25, 0.3) is 5.91 Å². The number of carbonyl (C=O) groups is 1. The van der Waals surface area contributed by atoms with E-state index in [2.05, 4.69) is 15.4 Å². The summed E-state index contributed by atoms with van der Waals surface area (Å²) in [4.78, 5) is 16.6. The predicted octanol–water partition coefficient (Wildman–Crippen LogP) is 3.99. The van der Waals surface area contributed by atoms with Crippen molar-refractivity contribution in [1.82, 2.24) is 19.9 Å². The summed E-state index contributed by atoms with van der Waals surface area (Å²) in [6, 6.07) is 12.4. The summed E-state index contributed by atoms with van der Waals surface area (Å²) >= 11 is 0. The second-order valence-electron chi connectivity index (χ2n) is 6.62. The third-order valence-electron chi connectivity index (χ3n) is 4.60. The third-order valence-corrected chi connectivity index (χ3v) is 4.60. The van der Waals surface area contributed by atoms with Crippen molar-refractivity contribution < 1.29 is 27.1 Å². The van der Waals surface area contributed by atoms with Crippen LogP contribution in [-0.2, 0) is 12.6 Å². The fourth-order valence-electron chi connectivity index (χ4n) is 3.15. The lowest BCUT2D eigenvalue weighted by molar-refractivity contribution is -0.142. The molecule has 10 heteroatoms. The van der Waals surface area contributed by atoms with Gasteiger partial charge < -0.3 is 14.5 Å². The van der Waals surface area contributed by atoms with E-state index in [4.69, 9.17) is 9.15 Å². The number of benzene rings is 1. The van der Waals surface area contributed by atoms with Crippen LogP contribution >= 0.6 is 0 Å². The third kappa shape index (κ3) is 4.23. The van der Waals surface area contributed by atoms with Crippen LogP contribution in [0.2, 0.25) is 0 Å². The van der Waals surface area contributed by atoms with Gasteiger partial charge in [-0.25, -0.2) is 9.50 Å². The lowest BCUT2D eigenvalue weighted by Crippen LogP contribution is -2.26. The van der Waals surface area contributed by atoms with E-state index in [9.17, 15) is 18.0 Å². The van der Waals surface area contributed by atoms with E-state index in [0.29, 0.717) is 16.7 Å². The lowest BCUT2D eigenvalue weighted by atomic mass is 10.1. The fraction of sp³-hybridized carbons (Fsp3) is 0.190. The van der Waals surface area contributed by atoms with E-state index in [0.717, 1.165) is 11.6 Å². The molecule has 0 bridgehead atoms. The summed E-state index contributed by atoms with van der Waals surface area (Å²) in [6.45, 7) is 0.254. The predicted molar refractivity (Wildman–Crippen MR) is 105 cm³/mol. The van der Waals surface area contributed by atoms with Gasteiger partial charge in [-0.1, -0.05) is 18.2 Å². The molecule has 31 heavy (non-hydrogen) atoms. The van der Waals surface area contributed by atoms with Gasteiger partial charge in [0.15, 0.2) is 22.8 Å². The SMILES string of the molecule is COc1ccccc1CCNC(=O)c1cc2nc(-c3ccco3)cc(C(F)(F)F)n2n1. The minimum Gasteiger partial charge on any atom is -0.496 e. The Morgan fingerprint density at radius 2 is 2.00 bits per heavy atom. The molecule has 160 valence electrons. The molecule has 7 nitrogen and oxygen atoms in total. The number of methoxy groups -OCH3 is 1. The number of fused-ring (bicyclic) bond motifs is 1. The Morgan fingerprint density at radius 3 is 2.71 bits per heavy atom. The molecule has 1 amide bonds. The molecule has 1 aromatic carbocycles. The van der Waals surface area contributed by atoms with Gasteiger partial charge in [0.2, 0.25) is 0 Å². The molecule has 0 saturated carbocycles. The molecule has 0 radical (unpaired) electrons. The number of rotatable bonds is 6. The molecular formula is C21H17F3N4O3. The molecule has 0 atom stereocenters. The van der Waals surface area contributed by atoms with Gasteiger partial charge >= 0.3 is 6.18 Å². The number of ether oxygens (including phenoxy) is 1. The average molecular weight is 430 g/mol. The summed E-state index contributed by atoms with van der Waals surface area (Å²) < 4.78 is 51.8. The van der Waals surface area contributed by atoms with Crippen LogP contribution < -0.4 is 10.1 Å². The Morgan fingerprint density at radius 1 is 1.19 bits per heavy atom. The zero-order valence-electron chi connectivity index (χ0n) is 16.3. The summed E-state index contributed by atoms with van der Waals surface area (Å²) in [7, 11) is 1.55. The van der Waals surface area contributed by atoms with E-state index in [-0.39, 0.29) is 29.3 Å². The highest BCUT2D eigenvalue weighted by Gasteiger charge is 2.36. The number of hydrogen-bond acceptors (Lipinski definition) is 5. The summed E-state index contributed by atoms with van der Waals surface area (Å²) in [5.74, 6) is 0.263. The van der Waals surface area contributed by atoms with Crippen LogP contribution in [0.4, 0.5) is 13.2 Å². The molecule has 0 aliphatic rings. The number of carbonyl (C=O) groups excluding carboxylic acids is 1. The van der Waals surface area contributed by atoms with Crippen LogP contribution in [0.25, 0.3) is 17.1 Å². The number of amides is 1. The quantitative estimate of drug-likeness (QED) is 0.500. The Bertz CT molecular complexity index is 1220. The van der Waals surface area contributed by atoms with Crippen molar-refractivity contribution >= 4 is 11.6 Å². The molecule has 1 N–H and O–H groups in total. The maximum absolute atomic E-state index is 13.6. The Kier molecular flexibility index (Phi) is 5.37. The molecule has 4 rings (SSSR count). The largest absolute Gasteiger partial charge is 0.496 e. The highest BCUT2D eigenvalue weighted by atomic mass is 19.4. The fourth-order valence-corrected chi connectivity index (χ4v) is 3.15. The zero-order valence-corrected chi connectivity index (χ0v) is 16.3. The maximum Gasteiger partial charge on any atom is 0.433 e. The van der Waals surface area contributed by atoms with Crippen LogP contribution in [0.3, 0.4) is 0 Å². The smallest absolute Gasteiger partial charge is 0.433 e. The number of nitrogens with one attached hydrogen (secondary N) is 1. The number of furan rings is 1. The molecular weight excluding hydrogens is 413 g/mol. The Hall–Kier alpha value is -3.82. The van der Waals surface area contributed by atoms with Crippen LogP contribution in [0.5, 0.6) is 5.75 Å². The van der Waals surface area contributed by atoms with E-state index in [1.54, 1.807) is 19.2 Å². The molecule has 4 aromatic rings. The highest BCUT2D eigenvalue weighted by Crippen LogP contribution is 2.32. The van der Waals surface area contributed by atoms with Gasteiger partial charge in [-0.3, -0.25) is 4.79 Å². The van der Waals surface area contributed by atoms with Gasteiger partial charge in [-0.05, 0) is 36.2 Å².